The summed E-state index contributed by atoms with van der Waals surface area (Å²) in [6.07, 6.45) is 2.20. The van der Waals surface area contributed by atoms with Gasteiger partial charge in [-0.3, -0.25) is 0 Å². The Hall–Kier alpha value is -1.55. The molecule has 1 aliphatic heterocycles. The van der Waals surface area contributed by atoms with Crippen molar-refractivity contribution in [3.8, 4) is 0 Å². The lowest BCUT2D eigenvalue weighted by molar-refractivity contribution is 0.467. The minimum absolute atomic E-state index is 0.240. The number of aromatic nitrogens is 1. The zero-order valence-corrected chi connectivity index (χ0v) is 9.10. The van der Waals surface area contributed by atoms with Crippen LogP contribution in [0.3, 0.4) is 0 Å². The zero-order valence-electron chi connectivity index (χ0n) is 9.10. The first-order chi connectivity index (χ1) is 7.83. The van der Waals surface area contributed by atoms with Gasteiger partial charge in [0.05, 0.1) is 0 Å². The van der Waals surface area contributed by atoms with Crippen LogP contribution in [0, 0.1) is 0 Å². The summed E-state index contributed by atoms with van der Waals surface area (Å²) in [7, 11) is 0. The summed E-state index contributed by atoms with van der Waals surface area (Å²) in [4.78, 5) is 6.61. The first kappa shape index (κ1) is 9.66. The fourth-order valence-corrected chi connectivity index (χ4v) is 2.18. The minimum Gasteiger partial charge on any atom is -0.423 e. The van der Waals surface area contributed by atoms with E-state index in [1.54, 1.807) is 0 Å². The molecule has 1 fully saturated rings. The number of hydrogen-bond donors (Lipinski definition) is 1. The highest BCUT2D eigenvalue weighted by molar-refractivity contribution is 5.74. The van der Waals surface area contributed by atoms with Crippen molar-refractivity contribution in [3.05, 3.63) is 24.3 Å². The molecule has 2 aromatic rings. The van der Waals surface area contributed by atoms with E-state index in [1.165, 1.54) is 0 Å². The van der Waals surface area contributed by atoms with Crippen LogP contribution in [0.4, 0.5) is 6.01 Å². The average Bonchev–Trinajstić information content (AvgIpc) is 2.72. The molecule has 0 aliphatic carbocycles. The Bertz CT molecular complexity index is 461. The second-order valence-electron chi connectivity index (χ2n) is 4.31. The molecule has 1 aromatic heterocycles. The molecule has 2 N–H and O–H groups in total. The lowest BCUT2D eigenvalue weighted by atomic mass is 10.1. The molecule has 1 saturated heterocycles. The normalized spacial score (nSPS) is 21.6. The predicted molar refractivity (Wildman–Crippen MR) is 63.4 cm³/mol. The first-order valence-electron chi connectivity index (χ1n) is 5.69. The van der Waals surface area contributed by atoms with E-state index in [9.17, 15) is 0 Å². The molecule has 2 heterocycles. The second kappa shape index (κ2) is 3.79. The van der Waals surface area contributed by atoms with Crippen LogP contribution >= 0.6 is 0 Å². The summed E-state index contributed by atoms with van der Waals surface area (Å²) in [5.41, 5.74) is 7.70. The van der Waals surface area contributed by atoms with Gasteiger partial charge in [0.25, 0.3) is 6.01 Å². The quantitative estimate of drug-likeness (QED) is 0.790. The maximum absolute atomic E-state index is 5.95. The number of piperidine rings is 1. The molecule has 0 bridgehead atoms. The summed E-state index contributed by atoms with van der Waals surface area (Å²) in [5.74, 6) is 0. The molecule has 3 rings (SSSR count). The van der Waals surface area contributed by atoms with Gasteiger partial charge in [-0.2, -0.15) is 4.98 Å². The van der Waals surface area contributed by atoms with Crippen LogP contribution in [0.5, 0.6) is 0 Å². The van der Waals surface area contributed by atoms with Gasteiger partial charge in [0.2, 0.25) is 0 Å². The van der Waals surface area contributed by atoms with Crippen molar-refractivity contribution in [2.24, 2.45) is 5.73 Å². The van der Waals surface area contributed by atoms with E-state index < -0.39 is 0 Å². The van der Waals surface area contributed by atoms with Crippen molar-refractivity contribution in [1.82, 2.24) is 4.98 Å². The Morgan fingerprint density at radius 1 is 1.38 bits per heavy atom. The number of para-hydroxylation sites is 2. The molecular formula is C12H15N3O. The van der Waals surface area contributed by atoms with Crippen LogP contribution in [0.15, 0.2) is 28.7 Å². The van der Waals surface area contributed by atoms with E-state index >= 15 is 0 Å². The molecule has 1 aliphatic rings. The Kier molecular flexibility index (Phi) is 2.29. The van der Waals surface area contributed by atoms with Gasteiger partial charge in [0, 0.05) is 19.1 Å². The van der Waals surface area contributed by atoms with Crippen molar-refractivity contribution in [2.45, 2.75) is 18.9 Å². The van der Waals surface area contributed by atoms with Crippen molar-refractivity contribution in [1.29, 1.82) is 0 Å². The van der Waals surface area contributed by atoms with E-state index in [0.717, 1.165) is 37.0 Å². The van der Waals surface area contributed by atoms with Gasteiger partial charge >= 0.3 is 0 Å². The molecule has 16 heavy (non-hydrogen) atoms. The van der Waals surface area contributed by atoms with Crippen LogP contribution in [0.25, 0.3) is 11.1 Å². The Morgan fingerprint density at radius 2 is 2.25 bits per heavy atom. The fourth-order valence-electron chi connectivity index (χ4n) is 2.18. The van der Waals surface area contributed by atoms with Crippen LogP contribution in [-0.4, -0.2) is 24.1 Å². The number of oxazole rings is 1. The second-order valence-corrected chi connectivity index (χ2v) is 4.31. The van der Waals surface area contributed by atoms with Gasteiger partial charge in [0.15, 0.2) is 5.58 Å². The van der Waals surface area contributed by atoms with Crippen LogP contribution in [0.2, 0.25) is 0 Å². The third kappa shape index (κ3) is 1.65. The third-order valence-corrected chi connectivity index (χ3v) is 3.01. The van der Waals surface area contributed by atoms with Crippen molar-refractivity contribution >= 4 is 17.1 Å². The molecule has 0 spiro atoms. The van der Waals surface area contributed by atoms with Gasteiger partial charge in [-0.25, -0.2) is 0 Å². The molecule has 0 saturated carbocycles. The average molecular weight is 217 g/mol. The highest BCUT2D eigenvalue weighted by Crippen LogP contribution is 2.23. The number of anilines is 1. The summed E-state index contributed by atoms with van der Waals surface area (Å²) < 4.78 is 5.72. The molecule has 4 nitrogen and oxygen atoms in total. The van der Waals surface area contributed by atoms with E-state index in [2.05, 4.69) is 9.88 Å². The molecule has 0 unspecified atom stereocenters. The number of hydrogen-bond acceptors (Lipinski definition) is 4. The third-order valence-electron chi connectivity index (χ3n) is 3.01. The highest BCUT2D eigenvalue weighted by atomic mass is 16.4. The summed E-state index contributed by atoms with van der Waals surface area (Å²) in [5, 5.41) is 0. The first-order valence-corrected chi connectivity index (χ1v) is 5.69. The predicted octanol–water partition coefficient (Wildman–Crippen LogP) is 1.76. The Labute approximate surface area is 94.0 Å². The Balaban J connectivity index is 1.93. The largest absolute Gasteiger partial charge is 0.423 e. The standard InChI is InChI=1S/C12H15N3O/c13-9-4-3-7-15(8-9)12-14-10-5-1-2-6-11(10)16-12/h1-2,5-6,9H,3-4,7-8,13H2/t9-/m1/s1. The van der Waals surface area contributed by atoms with Gasteiger partial charge in [0.1, 0.15) is 5.52 Å². The molecule has 84 valence electrons. The molecule has 0 radical (unpaired) electrons. The van der Waals surface area contributed by atoms with E-state index in [-0.39, 0.29) is 6.04 Å². The molecule has 1 aromatic carbocycles. The number of rotatable bonds is 1. The summed E-state index contributed by atoms with van der Waals surface area (Å²) in [6, 6.07) is 8.78. The number of nitrogens with zero attached hydrogens (tertiary/aromatic N) is 2. The lowest BCUT2D eigenvalue weighted by Gasteiger charge is -2.29. The maximum Gasteiger partial charge on any atom is 0.298 e. The zero-order chi connectivity index (χ0) is 11.0. The lowest BCUT2D eigenvalue weighted by Crippen LogP contribution is -2.42. The monoisotopic (exact) mass is 217 g/mol. The van der Waals surface area contributed by atoms with Crippen molar-refractivity contribution in [2.75, 3.05) is 18.0 Å². The van der Waals surface area contributed by atoms with Crippen molar-refractivity contribution < 1.29 is 4.42 Å². The fraction of sp³-hybridized carbons (Fsp3) is 0.417. The van der Waals surface area contributed by atoms with E-state index in [4.69, 9.17) is 10.2 Å². The molecular weight excluding hydrogens is 202 g/mol. The molecule has 4 heteroatoms. The van der Waals surface area contributed by atoms with Crippen molar-refractivity contribution in [3.63, 3.8) is 0 Å². The number of nitrogens with two attached hydrogens (primary N) is 1. The number of fused-ring (bicyclic) bond motifs is 1. The molecule has 1 atom stereocenters. The van der Waals surface area contributed by atoms with Gasteiger partial charge in [-0.1, -0.05) is 12.1 Å². The highest BCUT2D eigenvalue weighted by Gasteiger charge is 2.20. The summed E-state index contributed by atoms with van der Waals surface area (Å²) in [6.45, 7) is 1.83. The van der Waals surface area contributed by atoms with Gasteiger partial charge in [-0.15, -0.1) is 0 Å². The Morgan fingerprint density at radius 3 is 3.06 bits per heavy atom. The maximum atomic E-state index is 5.95. The van der Waals surface area contributed by atoms with Gasteiger partial charge < -0.3 is 15.1 Å². The SMILES string of the molecule is N[C@@H]1CCCN(c2nc3ccccc3o2)C1. The molecule has 0 amide bonds. The van der Waals surface area contributed by atoms with E-state index in [0.29, 0.717) is 6.01 Å². The van der Waals surface area contributed by atoms with Crippen LogP contribution in [-0.2, 0) is 0 Å². The smallest absolute Gasteiger partial charge is 0.298 e. The number of benzene rings is 1. The van der Waals surface area contributed by atoms with Crippen LogP contribution in [0.1, 0.15) is 12.8 Å². The van der Waals surface area contributed by atoms with E-state index in [1.807, 2.05) is 24.3 Å². The van der Waals surface area contributed by atoms with Gasteiger partial charge in [-0.05, 0) is 25.0 Å². The van der Waals surface area contributed by atoms with Crippen LogP contribution < -0.4 is 10.6 Å². The topological polar surface area (TPSA) is 55.3 Å². The minimum atomic E-state index is 0.240. The summed E-state index contributed by atoms with van der Waals surface area (Å²) >= 11 is 0.